The van der Waals surface area contributed by atoms with Crippen LogP contribution in [0.2, 0.25) is 0 Å². The molecule has 3 aromatic rings. The van der Waals surface area contributed by atoms with Gasteiger partial charge in [0.05, 0.1) is 25.5 Å². The van der Waals surface area contributed by atoms with Crippen molar-refractivity contribution in [3.05, 3.63) is 66.4 Å². The van der Waals surface area contributed by atoms with Crippen molar-refractivity contribution in [2.24, 2.45) is 0 Å². The monoisotopic (exact) mass is 338 g/mol. The molecule has 1 aromatic carbocycles. The summed E-state index contributed by atoms with van der Waals surface area (Å²) in [7, 11) is 0. The number of aromatic nitrogens is 1. The highest BCUT2D eigenvalue weighted by Gasteiger charge is 2.34. The molecule has 0 aliphatic carbocycles. The third-order valence-electron chi connectivity index (χ3n) is 4.38. The van der Waals surface area contributed by atoms with E-state index in [1.54, 1.807) is 17.0 Å². The van der Waals surface area contributed by atoms with Gasteiger partial charge in [-0.1, -0.05) is 30.3 Å². The highest BCUT2D eigenvalue weighted by atomic mass is 16.5. The van der Waals surface area contributed by atoms with E-state index in [0.717, 1.165) is 5.56 Å². The molecule has 0 unspecified atom stereocenters. The molecule has 128 valence electrons. The number of morpholine rings is 1. The quantitative estimate of drug-likeness (QED) is 0.731. The topological polar surface area (TPSA) is 68.7 Å². The van der Waals surface area contributed by atoms with Gasteiger partial charge in [0.15, 0.2) is 17.8 Å². The Morgan fingerprint density at radius 3 is 2.76 bits per heavy atom. The third kappa shape index (κ3) is 2.96. The first-order valence-corrected chi connectivity index (χ1v) is 8.19. The van der Waals surface area contributed by atoms with Gasteiger partial charge in [-0.2, -0.15) is 0 Å². The van der Waals surface area contributed by atoms with Crippen LogP contribution >= 0.6 is 0 Å². The van der Waals surface area contributed by atoms with Gasteiger partial charge in [0.1, 0.15) is 6.10 Å². The second-order valence-corrected chi connectivity index (χ2v) is 6.05. The first-order chi connectivity index (χ1) is 12.2. The van der Waals surface area contributed by atoms with E-state index >= 15 is 0 Å². The molecule has 1 saturated heterocycles. The minimum Gasteiger partial charge on any atom is -0.461 e. The summed E-state index contributed by atoms with van der Waals surface area (Å²) in [6.45, 7) is 2.90. The summed E-state index contributed by atoms with van der Waals surface area (Å²) in [5.74, 6) is 0.656. The van der Waals surface area contributed by atoms with Crippen molar-refractivity contribution in [3.8, 4) is 11.5 Å². The molecule has 1 aliphatic rings. The van der Waals surface area contributed by atoms with Gasteiger partial charge in [-0.15, -0.1) is 0 Å². The maximum absolute atomic E-state index is 13.1. The molecule has 2 atom stereocenters. The fraction of sp³-hybridized carbons (Fsp3) is 0.263. The molecule has 3 heterocycles. The number of furan rings is 1. The molecular weight excluding hydrogens is 320 g/mol. The molecular formula is C19H18N2O4. The molecule has 6 heteroatoms. The van der Waals surface area contributed by atoms with Crippen LogP contribution in [0, 0.1) is 0 Å². The molecule has 1 amide bonds. The van der Waals surface area contributed by atoms with Crippen LogP contribution in [0.3, 0.4) is 0 Å². The van der Waals surface area contributed by atoms with Crippen molar-refractivity contribution in [2.45, 2.75) is 19.1 Å². The average Bonchev–Trinajstić information content (AvgIpc) is 3.33. The van der Waals surface area contributed by atoms with E-state index in [9.17, 15) is 4.79 Å². The Kier molecular flexibility index (Phi) is 4.11. The second kappa shape index (κ2) is 6.57. The van der Waals surface area contributed by atoms with Crippen molar-refractivity contribution < 1.29 is 18.4 Å². The Balaban J connectivity index is 1.60. The molecule has 0 bridgehead atoms. The average molecular weight is 338 g/mol. The molecule has 0 radical (unpaired) electrons. The fourth-order valence-electron chi connectivity index (χ4n) is 3.03. The lowest BCUT2D eigenvalue weighted by Gasteiger charge is -2.37. The molecule has 0 spiro atoms. The van der Waals surface area contributed by atoms with Gasteiger partial charge in [0.25, 0.3) is 5.91 Å². The van der Waals surface area contributed by atoms with Gasteiger partial charge in [0, 0.05) is 0 Å². The van der Waals surface area contributed by atoms with Gasteiger partial charge >= 0.3 is 0 Å². The zero-order valence-electron chi connectivity index (χ0n) is 13.8. The van der Waals surface area contributed by atoms with Crippen molar-refractivity contribution in [3.63, 3.8) is 0 Å². The molecule has 1 aliphatic heterocycles. The van der Waals surface area contributed by atoms with Crippen molar-refractivity contribution in [1.82, 2.24) is 9.88 Å². The summed E-state index contributed by atoms with van der Waals surface area (Å²) >= 11 is 0. The minimum atomic E-state index is -0.183. The van der Waals surface area contributed by atoms with Gasteiger partial charge < -0.3 is 18.5 Å². The predicted molar refractivity (Wildman–Crippen MR) is 89.8 cm³/mol. The van der Waals surface area contributed by atoms with Crippen LogP contribution in [0.25, 0.3) is 11.5 Å². The molecule has 0 N–H and O–H groups in total. The van der Waals surface area contributed by atoms with E-state index in [-0.39, 0.29) is 23.7 Å². The Hall–Kier alpha value is -2.86. The number of hydrogen-bond acceptors (Lipinski definition) is 5. The Bertz CT molecular complexity index is 841. The number of amides is 1. The number of carbonyl (C=O) groups excluding carboxylic acids is 1. The first-order valence-electron chi connectivity index (χ1n) is 8.19. The summed E-state index contributed by atoms with van der Waals surface area (Å²) in [6.07, 6.45) is 2.65. The number of benzene rings is 1. The highest BCUT2D eigenvalue weighted by molar-refractivity contribution is 5.97. The molecule has 6 nitrogen and oxygen atoms in total. The van der Waals surface area contributed by atoms with Crippen molar-refractivity contribution in [2.75, 3.05) is 13.2 Å². The van der Waals surface area contributed by atoms with Crippen LogP contribution in [-0.2, 0) is 4.74 Å². The maximum atomic E-state index is 13.1. The van der Waals surface area contributed by atoms with E-state index in [2.05, 4.69) is 4.98 Å². The van der Waals surface area contributed by atoms with Crippen LogP contribution in [-0.4, -0.2) is 35.0 Å². The standard InChI is InChI=1S/C19H18N2O4/c1-13-11-24-16(14-6-3-2-4-7-14)10-21(13)19(22)17-18(25-12-20-17)15-8-5-9-23-15/h2-9,12-13,16H,10-11H2,1H3/t13-,16-/m0/s1. The molecule has 0 saturated carbocycles. The number of ether oxygens (including phenoxy) is 1. The zero-order chi connectivity index (χ0) is 17.2. The molecule has 4 rings (SSSR count). The highest BCUT2D eigenvalue weighted by Crippen LogP contribution is 2.29. The summed E-state index contributed by atoms with van der Waals surface area (Å²) in [4.78, 5) is 19.0. The van der Waals surface area contributed by atoms with E-state index < -0.39 is 0 Å². The van der Waals surface area contributed by atoms with Crippen LogP contribution in [0.5, 0.6) is 0 Å². The Labute approximate surface area is 145 Å². The van der Waals surface area contributed by atoms with Gasteiger partial charge in [0.2, 0.25) is 5.76 Å². The van der Waals surface area contributed by atoms with Crippen LogP contribution < -0.4 is 0 Å². The van der Waals surface area contributed by atoms with Gasteiger partial charge in [-0.25, -0.2) is 4.98 Å². The maximum Gasteiger partial charge on any atom is 0.277 e. The lowest BCUT2D eigenvalue weighted by Crippen LogP contribution is -2.48. The summed E-state index contributed by atoms with van der Waals surface area (Å²) in [5.41, 5.74) is 1.31. The van der Waals surface area contributed by atoms with E-state index in [1.165, 1.54) is 12.7 Å². The lowest BCUT2D eigenvalue weighted by molar-refractivity contribution is -0.0488. The van der Waals surface area contributed by atoms with Crippen LogP contribution in [0.15, 0.2) is 64.0 Å². The number of rotatable bonds is 3. The second-order valence-electron chi connectivity index (χ2n) is 6.05. The summed E-state index contributed by atoms with van der Waals surface area (Å²) in [5, 5.41) is 0. The van der Waals surface area contributed by atoms with Crippen molar-refractivity contribution in [1.29, 1.82) is 0 Å². The Morgan fingerprint density at radius 1 is 1.16 bits per heavy atom. The largest absolute Gasteiger partial charge is 0.461 e. The first kappa shape index (κ1) is 15.7. The number of oxazole rings is 1. The molecule has 2 aromatic heterocycles. The van der Waals surface area contributed by atoms with E-state index in [0.29, 0.717) is 24.7 Å². The smallest absolute Gasteiger partial charge is 0.277 e. The summed E-state index contributed by atoms with van der Waals surface area (Å²) in [6, 6.07) is 13.4. The molecule has 1 fully saturated rings. The van der Waals surface area contributed by atoms with Crippen molar-refractivity contribution >= 4 is 5.91 Å². The minimum absolute atomic E-state index is 0.0476. The van der Waals surface area contributed by atoms with Crippen LogP contribution in [0.1, 0.15) is 29.1 Å². The van der Waals surface area contributed by atoms with Gasteiger partial charge in [-0.3, -0.25) is 4.79 Å². The predicted octanol–water partition coefficient (Wildman–Crippen LogP) is 3.54. The van der Waals surface area contributed by atoms with E-state index in [1.807, 2.05) is 37.3 Å². The lowest BCUT2D eigenvalue weighted by atomic mass is 10.1. The SMILES string of the molecule is C[C@H]1CO[C@H](c2ccccc2)CN1C(=O)c1ncoc1-c1ccco1. The third-order valence-corrected chi connectivity index (χ3v) is 4.38. The summed E-state index contributed by atoms with van der Waals surface area (Å²) < 4.78 is 16.6. The van der Waals surface area contributed by atoms with Gasteiger partial charge in [-0.05, 0) is 24.6 Å². The van der Waals surface area contributed by atoms with Crippen LogP contribution in [0.4, 0.5) is 0 Å². The normalized spacial score (nSPS) is 20.6. The number of carbonyl (C=O) groups is 1. The number of nitrogens with zero attached hydrogens (tertiary/aromatic N) is 2. The molecule has 25 heavy (non-hydrogen) atoms. The number of hydrogen-bond donors (Lipinski definition) is 0. The van der Waals surface area contributed by atoms with E-state index in [4.69, 9.17) is 13.6 Å². The zero-order valence-corrected chi connectivity index (χ0v) is 13.8. The Morgan fingerprint density at radius 2 is 2.00 bits per heavy atom. The fourth-order valence-corrected chi connectivity index (χ4v) is 3.03.